The van der Waals surface area contributed by atoms with Gasteiger partial charge in [-0.2, -0.15) is 0 Å². The Kier molecular flexibility index (Phi) is 4.97. The highest BCUT2D eigenvalue weighted by atomic mass is 15.2. The van der Waals surface area contributed by atoms with Crippen molar-refractivity contribution < 1.29 is 0 Å². The van der Waals surface area contributed by atoms with E-state index in [0.29, 0.717) is 5.41 Å². The Labute approximate surface area is 123 Å². The molecule has 20 heavy (non-hydrogen) atoms. The maximum Gasteiger partial charge on any atom is 0.225 e. The van der Waals surface area contributed by atoms with E-state index < -0.39 is 0 Å². The first-order valence-corrected chi connectivity index (χ1v) is 7.77. The molecule has 1 aliphatic rings. The molecular formula is C16H28N4. The van der Waals surface area contributed by atoms with Crippen molar-refractivity contribution in [2.45, 2.75) is 47.1 Å². The number of piperidine rings is 1. The summed E-state index contributed by atoms with van der Waals surface area (Å²) in [7, 11) is 0. The van der Waals surface area contributed by atoms with Gasteiger partial charge < -0.3 is 10.2 Å². The fraction of sp³-hybridized carbons (Fsp3) is 0.750. The van der Waals surface area contributed by atoms with E-state index in [0.717, 1.165) is 43.6 Å². The van der Waals surface area contributed by atoms with Crippen LogP contribution in [0.3, 0.4) is 0 Å². The highest BCUT2D eigenvalue weighted by Gasteiger charge is 2.29. The Morgan fingerprint density at radius 3 is 2.30 bits per heavy atom. The van der Waals surface area contributed by atoms with Gasteiger partial charge in [-0.3, -0.25) is 0 Å². The largest absolute Gasteiger partial charge is 0.341 e. The molecule has 1 aromatic heterocycles. The molecule has 0 saturated carbocycles. The van der Waals surface area contributed by atoms with E-state index in [9.17, 15) is 0 Å². The summed E-state index contributed by atoms with van der Waals surface area (Å²) in [5.41, 5.74) is 1.57. The van der Waals surface area contributed by atoms with Crippen molar-refractivity contribution in [3.8, 4) is 0 Å². The van der Waals surface area contributed by atoms with Gasteiger partial charge in [-0.25, -0.2) is 9.97 Å². The summed E-state index contributed by atoms with van der Waals surface area (Å²) in [6.07, 6.45) is 6.37. The fourth-order valence-electron chi connectivity index (χ4n) is 2.82. The summed E-state index contributed by atoms with van der Waals surface area (Å²) in [5.74, 6) is 1.70. The van der Waals surface area contributed by atoms with Gasteiger partial charge in [-0.1, -0.05) is 27.7 Å². The van der Waals surface area contributed by atoms with E-state index in [1.807, 2.05) is 12.4 Å². The lowest BCUT2D eigenvalue weighted by atomic mass is 9.75. The average Bonchev–Trinajstić information content (AvgIpc) is 2.45. The zero-order valence-electron chi connectivity index (χ0n) is 13.3. The molecule has 0 bridgehead atoms. The van der Waals surface area contributed by atoms with Crippen LogP contribution in [0.15, 0.2) is 12.4 Å². The van der Waals surface area contributed by atoms with Crippen LogP contribution in [0, 0.1) is 11.3 Å². The van der Waals surface area contributed by atoms with Gasteiger partial charge in [0.05, 0.1) is 0 Å². The van der Waals surface area contributed by atoms with Crippen LogP contribution in [0.4, 0.5) is 5.95 Å². The molecule has 1 saturated heterocycles. The Morgan fingerprint density at radius 2 is 1.80 bits per heavy atom. The molecule has 1 fully saturated rings. The number of hydrogen-bond donors (Lipinski definition) is 1. The number of hydrogen-bond acceptors (Lipinski definition) is 4. The monoisotopic (exact) mass is 276 g/mol. The molecule has 0 amide bonds. The van der Waals surface area contributed by atoms with E-state index in [2.05, 4.69) is 47.9 Å². The molecule has 0 atom stereocenters. The lowest BCUT2D eigenvalue weighted by molar-refractivity contribution is 0.198. The molecule has 1 aliphatic heterocycles. The smallest absolute Gasteiger partial charge is 0.225 e. The molecule has 0 aromatic carbocycles. The quantitative estimate of drug-likeness (QED) is 0.918. The van der Waals surface area contributed by atoms with Gasteiger partial charge in [-0.05, 0) is 30.7 Å². The molecule has 2 heterocycles. The van der Waals surface area contributed by atoms with Crippen LogP contribution >= 0.6 is 0 Å². The Morgan fingerprint density at radius 1 is 1.20 bits per heavy atom. The average molecular weight is 276 g/mol. The lowest BCUT2D eigenvalue weighted by Gasteiger charge is -2.38. The molecule has 4 nitrogen and oxygen atoms in total. The van der Waals surface area contributed by atoms with Crippen LogP contribution in [0.1, 0.15) is 46.1 Å². The van der Waals surface area contributed by atoms with Crippen LogP contribution in [0.25, 0.3) is 0 Å². The van der Waals surface area contributed by atoms with Crippen LogP contribution in [-0.2, 0) is 6.54 Å². The van der Waals surface area contributed by atoms with Crippen LogP contribution in [0.5, 0.6) is 0 Å². The third-order valence-electron chi connectivity index (χ3n) is 4.27. The second-order valence-corrected chi connectivity index (χ2v) is 6.80. The standard InChI is InChI=1S/C16H28N4/c1-5-17-10-13-11-18-15(19-12-13)20-8-6-14(7-9-20)16(2,3)4/h11-12,14,17H,5-10H2,1-4H3. The first-order valence-electron chi connectivity index (χ1n) is 7.77. The topological polar surface area (TPSA) is 41.1 Å². The van der Waals surface area contributed by atoms with E-state index >= 15 is 0 Å². The summed E-state index contributed by atoms with van der Waals surface area (Å²) >= 11 is 0. The number of anilines is 1. The molecular weight excluding hydrogens is 248 g/mol. The first kappa shape index (κ1) is 15.2. The van der Waals surface area contributed by atoms with Gasteiger partial charge in [0.15, 0.2) is 0 Å². The van der Waals surface area contributed by atoms with E-state index in [4.69, 9.17) is 0 Å². The molecule has 0 unspecified atom stereocenters. The zero-order valence-corrected chi connectivity index (χ0v) is 13.3. The number of rotatable bonds is 4. The van der Waals surface area contributed by atoms with Gasteiger partial charge in [0.1, 0.15) is 0 Å². The van der Waals surface area contributed by atoms with Crippen molar-refractivity contribution in [3.63, 3.8) is 0 Å². The van der Waals surface area contributed by atoms with Gasteiger partial charge in [-0.15, -0.1) is 0 Å². The van der Waals surface area contributed by atoms with Gasteiger partial charge in [0, 0.05) is 37.6 Å². The van der Waals surface area contributed by atoms with Crippen LogP contribution < -0.4 is 10.2 Å². The number of aromatic nitrogens is 2. The van der Waals surface area contributed by atoms with Gasteiger partial charge in [0.25, 0.3) is 0 Å². The molecule has 2 rings (SSSR count). The Balaban J connectivity index is 1.90. The fourth-order valence-corrected chi connectivity index (χ4v) is 2.82. The molecule has 1 aromatic rings. The molecule has 4 heteroatoms. The van der Waals surface area contributed by atoms with Crippen molar-refractivity contribution in [2.75, 3.05) is 24.5 Å². The van der Waals surface area contributed by atoms with E-state index in [-0.39, 0.29) is 0 Å². The third-order valence-corrected chi connectivity index (χ3v) is 4.27. The predicted molar refractivity (Wildman–Crippen MR) is 83.8 cm³/mol. The van der Waals surface area contributed by atoms with E-state index in [1.54, 1.807) is 0 Å². The molecule has 1 N–H and O–H groups in total. The van der Waals surface area contributed by atoms with Crippen molar-refractivity contribution in [1.82, 2.24) is 15.3 Å². The van der Waals surface area contributed by atoms with E-state index in [1.165, 1.54) is 12.8 Å². The van der Waals surface area contributed by atoms with Crippen LogP contribution in [-0.4, -0.2) is 29.6 Å². The highest BCUT2D eigenvalue weighted by Crippen LogP contribution is 2.34. The minimum atomic E-state index is 0.419. The summed E-state index contributed by atoms with van der Waals surface area (Å²) in [6.45, 7) is 13.1. The molecule has 0 aliphatic carbocycles. The molecule has 112 valence electrons. The normalized spacial score (nSPS) is 17.5. The summed E-state index contributed by atoms with van der Waals surface area (Å²) < 4.78 is 0. The molecule has 0 radical (unpaired) electrons. The highest BCUT2D eigenvalue weighted by molar-refractivity contribution is 5.30. The Hall–Kier alpha value is -1.16. The molecule has 0 spiro atoms. The predicted octanol–water partition coefficient (Wildman–Crippen LogP) is 2.85. The van der Waals surface area contributed by atoms with Gasteiger partial charge in [0.2, 0.25) is 5.95 Å². The second kappa shape index (κ2) is 6.53. The Bertz CT molecular complexity index is 399. The van der Waals surface area contributed by atoms with Gasteiger partial charge >= 0.3 is 0 Å². The SMILES string of the molecule is CCNCc1cnc(N2CCC(C(C)(C)C)CC2)nc1. The minimum Gasteiger partial charge on any atom is -0.341 e. The summed E-state index contributed by atoms with van der Waals surface area (Å²) in [5, 5.41) is 3.29. The zero-order chi connectivity index (χ0) is 14.6. The summed E-state index contributed by atoms with van der Waals surface area (Å²) in [6, 6.07) is 0. The maximum atomic E-state index is 4.52. The third kappa shape index (κ3) is 3.92. The number of nitrogens with zero attached hydrogens (tertiary/aromatic N) is 3. The minimum absolute atomic E-state index is 0.419. The summed E-state index contributed by atoms with van der Waals surface area (Å²) in [4.78, 5) is 11.4. The van der Waals surface area contributed by atoms with Crippen molar-refractivity contribution in [2.24, 2.45) is 11.3 Å². The lowest BCUT2D eigenvalue weighted by Crippen LogP contribution is -2.38. The van der Waals surface area contributed by atoms with Crippen molar-refractivity contribution >= 4 is 5.95 Å². The number of nitrogens with one attached hydrogen (secondary N) is 1. The van der Waals surface area contributed by atoms with Crippen LogP contribution in [0.2, 0.25) is 0 Å². The first-order chi connectivity index (χ1) is 9.50. The van der Waals surface area contributed by atoms with Crippen molar-refractivity contribution in [1.29, 1.82) is 0 Å². The van der Waals surface area contributed by atoms with Crippen molar-refractivity contribution in [3.05, 3.63) is 18.0 Å². The maximum absolute atomic E-state index is 4.52. The second-order valence-electron chi connectivity index (χ2n) is 6.80.